The molecule has 0 saturated carbocycles. The lowest BCUT2D eigenvalue weighted by Gasteiger charge is -2.14. The number of aryl methyl sites for hydroxylation is 1. The second kappa shape index (κ2) is 6.56. The van der Waals surface area contributed by atoms with E-state index in [-0.39, 0.29) is 30.8 Å². The highest BCUT2D eigenvalue weighted by atomic mass is 19.4. The molecule has 20 heavy (non-hydrogen) atoms. The highest BCUT2D eigenvalue weighted by Gasteiger charge is 2.33. The first kappa shape index (κ1) is 16.2. The molecule has 0 spiro atoms. The molecule has 112 valence electrons. The Labute approximate surface area is 113 Å². The molecule has 1 aromatic heterocycles. The molecular weight excluding hydrogens is 277 g/mol. The van der Waals surface area contributed by atoms with Gasteiger partial charge in [0.2, 0.25) is 5.88 Å². The number of nitrogens with zero attached hydrogens (tertiary/aromatic N) is 1. The van der Waals surface area contributed by atoms with E-state index in [2.05, 4.69) is 9.72 Å². The largest absolute Gasteiger partial charge is 0.574 e. The molecule has 1 heterocycles. The first-order valence-corrected chi connectivity index (χ1v) is 5.87. The van der Waals surface area contributed by atoms with Gasteiger partial charge in [0, 0.05) is 12.1 Å². The fraction of sp³-hybridized carbons (Fsp3) is 0.500. The third-order valence-electron chi connectivity index (χ3n) is 2.40. The van der Waals surface area contributed by atoms with Crippen LogP contribution in [0.25, 0.3) is 0 Å². The molecule has 0 bridgehead atoms. The Bertz CT molecular complexity index is 490. The van der Waals surface area contributed by atoms with Gasteiger partial charge in [0.15, 0.2) is 0 Å². The Morgan fingerprint density at radius 2 is 2.10 bits per heavy atom. The van der Waals surface area contributed by atoms with E-state index in [1.54, 1.807) is 13.8 Å². The van der Waals surface area contributed by atoms with Gasteiger partial charge in [-0.3, -0.25) is 4.79 Å². The average Bonchev–Trinajstić information content (AvgIpc) is 2.31. The summed E-state index contributed by atoms with van der Waals surface area (Å²) >= 11 is 0. The van der Waals surface area contributed by atoms with Gasteiger partial charge in [0.1, 0.15) is 0 Å². The van der Waals surface area contributed by atoms with Crippen molar-refractivity contribution in [2.75, 3.05) is 6.61 Å². The SMILES string of the molecule is CCOC(=O)Cc1cc(C)c(CN)nc1OC(F)(F)F. The molecule has 5 nitrogen and oxygen atoms in total. The van der Waals surface area contributed by atoms with Gasteiger partial charge in [-0.1, -0.05) is 0 Å². The van der Waals surface area contributed by atoms with E-state index >= 15 is 0 Å². The summed E-state index contributed by atoms with van der Waals surface area (Å²) in [5.74, 6) is -1.32. The number of ether oxygens (including phenoxy) is 2. The number of aromatic nitrogens is 1. The van der Waals surface area contributed by atoms with Crippen molar-refractivity contribution in [2.24, 2.45) is 5.73 Å². The van der Waals surface area contributed by atoms with Crippen LogP contribution in [0.5, 0.6) is 5.88 Å². The van der Waals surface area contributed by atoms with Crippen molar-refractivity contribution in [1.29, 1.82) is 0 Å². The lowest BCUT2D eigenvalue weighted by molar-refractivity contribution is -0.276. The van der Waals surface area contributed by atoms with Crippen LogP contribution in [0.2, 0.25) is 0 Å². The minimum absolute atomic E-state index is 0.00970. The smallest absolute Gasteiger partial charge is 0.466 e. The Morgan fingerprint density at radius 3 is 2.60 bits per heavy atom. The Balaban J connectivity index is 3.12. The number of hydrogen-bond acceptors (Lipinski definition) is 5. The van der Waals surface area contributed by atoms with Gasteiger partial charge in [0.05, 0.1) is 18.7 Å². The zero-order valence-electron chi connectivity index (χ0n) is 11.1. The molecule has 2 N–H and O–H groups in total. The van der Waals surface area contributed by atoms with Gasteiger partial charge in [0.25, 0.3) is 0 Å². The molecule has 0 unspecified atom stereocenters. The van der Waals surface area contributed by atoms with Crippen molar-refractivity contribution in [2.45, 2.75) is 33.2 Å². The van der Waals surface area contributed by atoms with Crippen molar-refractivity contribution >= 4 is 5.97 Å². The molecule has 0 saturated heterocycles. The average molecular weight is 292 g/mol. The van der Waals surface area contributed by atoms with E-state index in [1.807, 2.05) is 0 Å². The summed E-state index contributed by atoms with van der Waals surface area (Å²) in [6.07, 6.45) is -5.24. The van der Waals surface area contributed by atoms with Crippen LogP contribution in [0.15, 0.2) is 6.07 Å². The molecule has 0 fully saturated rings. The highest BCUT2D eigenvalue weighted by Crippen LogP contribution is 2.27. The van der Waals surface area contributed by atoms with Gasteiger partial charge >= 0.3 is 12.3 Å². The number of rotatable bonds is 5. The van der Waals surface area contributed by atoms with Crippen LogP contribution in [0.1, 0.15) is 23.7 Å². The van der Waals surface area contributed by atoms with E-state index < -0.39 is 18.2 Å². The maximum Gasteiger partial charge on any atom is 0.574 e. The van der Waals surface area contributed by atoms with E-state index in [0.717, 1.165) is 0 Å². The van der Waals surface area contributed by atoms with Crippen LogP contribution in [-0.4, -0.2) is 23.9 Å². The maximum absolute atomic E-state index is 12.3. The number of carbonyl (C=O) groups excluding carboxylic acids is 1. The quantitative estimate of drug-likeness (QED) is 0.838. The number of pyridine rings is 1. The first-order valence-electron chi connectivity index (χ1n) is 5.87. The van der Waals surface area contributed by atoms with Crippen LogP contribution in [0, 0.1) is 6.92 Å². The second-order valence-corrected chi connectivity index (χ2v) is 3.95. The van der Waals surface area contributed by atoms with Crippen molar-refractivity contribution in [3.05, 3.63) is 22.9 Å². The number of hydrogen-bond donors (Lipinski definition) is 1. The van der Waals surface area contributed by atoms with Gasteiger partial charge in [-0.15, -0.1) is 13.2 Å². The molecule has 0 aliphatic rings. The molecule has 8 heteroatoms. The third kappa shape index (κ3) is 4.69. The predicted molar refractivity (Wildman–Crippen MR) is 63.9 cm³/mol. The molecule has 0 atom stereocenters. The molecule has 0 aromatic carbocycles. The molecule has 0 aliphatic heterocycles. The van der Waals surface area contributed by atoms with Crippen molar-refractivity contribution in [3.8, 4) is 5.88 Å². The molecule has 1 aromatic rings. The lowest BCUT2D eigenvalue weighted by atomic mass is 10.1. The van der Waals surface area contributed by atoms with Gasteiger partial charge in [-0.05, 0) is 25.5 Å². The van der Waals surface area contributed by atoms with Crippen molar-refractivity contribution < 1.29 is 27.4 Å². The summed E-state index contributed by atoms with van der Waals surface area (Å²) in [7, 11) is 0. The van der Waals surface area contributed by atoms with E-state index in [0.29, 0.717) is 5.56 Å². The first-order chi connectivity index (χ1) is 9.26. The normalized spacial score (nSPS) is 11.3. The van der Waals surface area contributed by atoms with Crippen LogP contribution >= 0.6 is 0 Å². The monoisotopic (exact) mass is 292 g/mol. The third-order valence-corrected chi connectivity index (χ3v) is 2.40. The summed E-state index contributed by atoms with van der Waals surface area (Å²) in [5, 5.41) is 0. The van der Waals surface area contributed by atoms with Crippen LogP contribution in [-0.2, 0) is 22.5 Å². The molecular formula is C12H15F3N2O3. The molecule has 1 rings (SSSR count). The molecule has 0 radical (unpaired) electrons. The minimum atomic E-state index is -4.89. The van der Waals surface area contributed by atoms with Crippen LogP contribution < -0.4 is 10.5 Å². The summed E-state index contributed by atoms with van der Waals surface area (Å²) in [5.41, 5.74) is 6.26. The van der Waals surface area contributed by atoms with Gasteiger partial charge < -0.3 is 15.2 Å². The van der Waals surface area contributed by atoms with Crippen molar-refractivity contribution in [1.82, 2.24) is 4.98 Å². The number of esters is 1. The zero-order chi connectivity index (χ0) is 15.3. The van der Waals surface area contributed by atoms with Crippen LogP contribution in [0.4, 0.5) is 13.2 Å². The van der Waals surface area contributed by atoms with Gasteiger partial charge in [-0.25, -0.2) is 4.98 Å². The van der Waals surface area contributed by atoms with Crippen LogP contribution in [0.3, 0.4) is 0 Å². The van der Waals surface area contributed by atoms with E-state index in [4.69, 9.17) is 10.5 Å². The number of alkyl halides is 3. The Hall–Kier alpha value is -1.83. The highest BCUT2D eigenvalue weighted by molar-refractivity contribution is 5.73. The standard InChI is InChI=1S/C12H15F3N2O3/c1-3-19-10(18)5-8-4-7(2)9(6-16)17-11(8)20-12(13,14)15/h4H,3,5-6,16H2,1-2H3. The predicted octanol–water partition coefficient (Wildman–Crippen LogP) is 1.85. The van der Waals surface area contributed by atoms with Crippen molar-refractivity contribution in [3.63, 3.8) is 0 Å². The summed E-state index contributed by atoms with van der Waals surface area (Å²) in [4.78, 5) is 15.1. The topological polar surface area (TPSA) is 74.4 Å². The molecule has 0 amide bonds. The van der Waals surface area contributed by atoms with Gasteiger partial charge in [-0.2, -0.15) is 0 Å². The number of halogens is 3. The molecule has 0 aliphatic carbocycles. The Kier molecular flexibility index (Phi) is 5.32. The fourth-order valence-electron chi connectivity index (χ4n) is 1.59. The fourth-order valence-corrected chi connectivity index (χ4v) is 1.59. The number of nitrogens with two attached hydrogens (primary N) is 1. The summed E-state index contributed by atoms with van der Waals surface area (Å²) < 4.78 is 45.5. The summed E-state index contributed by atoms with van der Waals surface area (Å²) in [6.45, 7) is 3.36. The second-order valence-electron chi connectivity index (χ2n) is 3.95. The van der Waals surface area contributed by atoms with E-state index in [1.165, 1.54) is 6.07 Å². The number of carbonyl (C=O) groups is 1. The lowest BCUT2D eigenvalue weighted by Crippen LogP contribution is -2.21. The zero-order valence-corrected chi connectivity index (χ0v) is 11.1. The summed E-state index contributed by atoms with van der Waals surface area (Å²) in [6, 6.07) is 1.40. The maximum atomic E-state index is 12.3. The Morgan fingerprint density at radius 1 is 1.45 bits per heavy atom. The van der Waals surface area contributed by atoms with E-state index in [9.17, 15) is 18.0 Å². The minimum Gasteiger partial charge on any atom is -0.466 e.